The normalized spacial score (nSPS) is 10.6. The predicted octanol–water partition coefficient (Wildman–Crippen LogP) is 0.991. The molecule has 0 unspecified atom stereocenters. The zero-order valence-corrected chi connectivity index (χ0v) is 8.01. The van der Waals surface area contributed by atoms with Crippen molar-refractivity contribution < 1.29 is 9.90 Å². The first-order valence-electron chi connectivity index (χ1n) is 3.81. The molecule has 0 saturated carbocycles. The van der Waals surface area contributed by atoms with Crippen molar-refractivity contribution in [1.82, 2.24) is 9.97 Å². The summed E-state index contributed by atoms with van der Waals surface area (Å²) < 4.78 is 0. The van der Waals surface area contributed by atoms with Gasteiger partial charge in [0, 0.05) is 0 Å². The van der Waals surface area contributed by atoms with E-state index in [1.54, 1.807) is 6.92 Å². The summed E-state index contributed by atoms with van der Waals surface area (Å²) in [4.78, 5) is 29.0. The molecule has 72 valence electrons. The number of H-pyrrole nitrogens is 1. The minimum absolute atomic E-state index is 0.275. The standard InChI is InChI=1S/C8H6N2O3S/c1-3-9-5-2-4(8(12)13)6(11)10-7(5)14-3/h2H,1H3,(H,10,11)(H,12,13). The smallest absolute Gasteiger partial charge is 0.341 e. The minimum atomic E-state index is -1.24. The quantitative estimate of drug-likeness (QED) is 0.735. The monoisotopic (exact) mass is 210 g/mol. The summed E-state index contributed by atoms with van der Waals surface area (Å²) >= 11 is 1.33. The van der Waals surface area contributed by atoms with E-state index in [0.29, 0.717) is 10.3 Å². The Morgan fingerprint density at radius 2 is 2.36 bits per heavy atom. The van der Waals surface area contributed by atoms with Crippen LogP contribution in [-0.2, 0) is 0 Å². The van der Waals surface area contributed by atoms with Gasteiger partial charge in [0.2, 0.25) is 0 Å². The fourth-order valence-corrected chi connectivity index (χ4v) is 1.95. The number of carboxylic acids is 1. The molecule has 0 amide bonds. The molecular formula is C8H6N2O3S. The Morgan fingerprint density at radius 3 is 3.00 bits per heavy atom. The van der Waals surface area contributed by atoms with Crippen molar-refractivity contribution in [2.45, 2.75) is 6.92 Å². The topological polar surface area (TPSA) is 83.0 Å². The van der Waals surface area contributed by atoms with Crippen LogP contribution >= 0.6 is 11.3 Å². The van der Waals surface area contributed by atoms with E-state index in [4.69, 9.17) is 5.11 Å². The van der Waals surface area contributed by atoms with Crippen molar-refractivity contribution in [1.29, 1.82) is 0 Å². The van der Waals surface area contributed by atoms with Crippen molar-refractivity contribution in [3.8, 4) is 0 Å². The van der Waals surface area contributed by atoms with Gasteiger partial charge in [0.15, 0.2) is 0 Å². The Hall–Kier alpha value is -1.69. The van der Waals surface area contributed by atoms with Crippen LogP contribution in [0, 0.1) is 6.92 Å². The molecule has 0 aliphatic carbocycles. The largest absolute Gasteiger partial charge is 0.477 e. The zero-order valence-electron chi connectivity index (χ0n) is 7.20. The van der Waals surface area contributed by atoms with E-state index in [-0.39, 0.29) is 5.56 Å². The van der Waals surface area contributed by atoms with Crippen molar-refractivity contribution in [3.05, 3.63) is 27.0 Å². The number of aromatic amines is 1. The molecule has 2 aromatic heterocycles. The maximum Gasteiger partial charge on any atom is 0.341 e. The van der Waals surface area contributed by atoms with Gasteiger partial charge in [-0.05, 0) is 13.0 Å². The molecule has 0 fully saturated rings. The average Bonchev–Trinajstić information content (AvgIpc) is 2.42. The number of thiazole rings is 1. The third-order valence-corrected chi connectivity index (χ3v) is 2.65. The Morgan fingerprint density at radius 1 is 1.64 bits per heavy atom. The van der Waals surface area contributed by atoms with E-state index in [2.05, 4.69) is 9.97 Å². The van der Waals surface area contributed by atoms with Crippen LogP contribution in [0.5, 0.6) is 0 Å². The summed E-state index contributed by atoms with van der Waals surface area (Å²) in [6.45, 7) is 1.80. The van der Waals surface area contributed by atoms with Crippen LogP contribution in [0.3, 0.4) is 0 Å². The van der Waals surface area contributed by atoms with Crippen molar-refractivity contribution in [2.75, 3.05) is 0 Å². The van der Waals surface area contributed by atoms with Gasteiger partial charge >= 0.3 is 5.97 Å². The molecule has 0 radical (unpaired) electrons. The van der Waals surface area contributed by atoms with E-state index in [0.717, 1.165) is 5.01 Å². The van der Waals surface area contributed by atoms with Crippen LogP contribution in [0.1, 0.15) is 15.4 Å². The Kier molecular flexibility index (Phi) is 1.85. The van der Waals surface area contributed by atoms with Crippen molar-refractivity contribution in [3.63, 3.8) is 0 Å². The molecule has 0 aromatic carbocycles. The molecule has 6 heteroatoms. The minimum Gasteiger partial charge on any atom is -0.477 e. The number of fused-ring (bicyclic) bond motifs is 1. The lowest BCUT2D eigenvalue weighted by molar-refractivity contribution is 0.0695. The maximum absolute atomic E-state index is 11.2. The van der Waals surface area contributed by atoms with Crippen molar-refractivity contribution >= 4 is 27.7 Å². The first-order valence-corrected chi connectivity index (χ1v) is 4.63. The molecule has 2 aromatic rings. The Balaban J connectivity index is 2.83. The fraction of sp³-hybridized carbons (Fsp3) is 0.125. The molecule has 2 N–H and O–H groups in total. The van der Waals surface area contributed by atoms with Crippen LogP contribution in [-0.4, -0.2) is 21.0 Å². The molecule has 0 spiro atoms. The van der Waals surface area contributed by atoms with E-state index in [9.17, 15) is 9.59 Å². The fourth-order valence-electron chi connectivity index (χ4n) is 1.16. The highest BCUT2D eigenvalue weighted by atomic mass is 32.1. The number of nitrogens with one attached hydrogen (secondary N) is 1. The van der Waals surface area contributed by atoms with Gasteiger partial charge in [0.25, 0.3) is 5.56 Å². The van der Waals surface area contributed by atoms with Gasteiger partial charge < -0.3 is 10.1 Å². The number of aryl methyl sites for hydroxylation is 1. The summed E-state index contributed by atoms with van der Waals surface area (Å²) in [5, 5.41) is 9.48. The van der Waals surface area contributed by atoms with Gasteiger partial charge in [-0.25, -0.2) is 9.78 Å². The van der Waals surface area contributed by atoms with Crippen LogP contribution in [0.15, 0.2) is 10.9 Å². The number of pyridine rings is 1. The summed E-state index contributed by atoms with van der Waals surface area (Å²) in [6.07, 6.45) is 0. The summed E-state index contributed by atoms with van der Waals surface area (Å²) in [6, 6.07) is 1.29. The molecule has 2 rings (SSSR count). The molecule has 0 aliphatic heterocycles. The number of aromatic carboxylic acids is 1. The second-order valence-corrected chi connectivity index (χ2v) is 3.97. The molecular weight excluding hydrogens is 204 g/mol. The number of rotatable bonds is 1. The van der Waals surface area contributed by atoms with Crippen LogP contribution in [0.4, 0.5) is 0 Å². The molecule has 0 saturated heterocycles. The van der Waals surface area contributed by atoms with E-state index < -0.39 is 11.5 Å². The van der Waals surface area contributed by atoms with Gasteiger partial charge in [-0.15, -0.1) is 11.3 Å². The van der Waals surface area contributed by atoms with Crippen molar-refractivity contribution in [2.24, 2.45) is 0 Å². The zero-order chi connectivity index (χ0) is 10.3. The Labute approximate surface area is 82.0 Å². The van der Waals surface area contributed by atoms with Gasteiger partial charge in [-0.3, -0.25) is 4.79 Å². The number of carbonyl (C=O) groups is 1. The molecule has 0 atom stereocenters. The molecule has 5 nitrogen and oxygen atoms in total. The van der Waals surface area contributed by atoms with Gasteiger partial charge in [0.05, 0.1) is 10.5 Å². The molecule has 0 aliphatic rings. The van der Waals surface area contributed by atoms with E-state index >= 15 is 0 Å². The lowest BCUT2D eigenvalue weighted by Gasteiger charge is -1.91. The van der Waals surface area contributed by atoms with Crippen LogP contribution in [0.25, 0.3) is 10.3 Å². The third kappa shape index (κ3) is 1.29. The second-order valence-electron chi connectivity index (χ2n) is 2.76. The SMILES string of the molecule is Cc1nc2cc(C(=O)O)c(=O)[nH]c2s1. The third-order valence-electron chi connectivity index (χ3n) is 1.74. The second kappa shape index (κ2) is 2.91. The molecule has 0 bridgehead atoms. The first-order chi connectivity index (χ1) is 6.58. The first kappa shape index (κ1) is 8.89. The summed E-state index contributed by atoms with van der Waals surface area (Å²) in [5.74, 6) is -1.24. The lowest BCUT2D eigenvalue weighted by Crippen LogP contribution is -2.16. The molecule has 14 heavy (non-hydrogen) atoms. The predicted molar refractivity (Wildman–Crippen MR) is 51.9 cm³/mol. The van der Waals surface area contributed by atoms with Gasteiger partial charge in [-0.1, -0.05) is 0 Å². The number of nitrogens with zero attached hydrogens (tertiary/aromatic N) is 1. The highest BCUT2D eigenvalue weighted by Crippen LogP contribution is 2.17. The highest BCUT2D eigenvalue weighted by molar-refractivity contribution is 7.18. The highest BCUT2D eigenvalue weighted by Gasteiger charge is 2.11. The van der Waals surface area contributed by atoms with Gasteiger partial charge in [0.1, 0.15) is 10.4 Å². The Bertz CT molecular complexity index is 569. The maximum atomic E-state index is 11.2. The number of carboxylic acid groups (broad SMARTS) is 1. The average molecular weight is 210 g/mol. The van der Waals surface area contributed by atoms with Crippen LogP contribution < -0.4 is 5.56 Å². The van der Waals surface area contributed by atoms with E-state index in [1.165, 1.54) is 17.4 Å². The lowest BCUT2D eigenvalue weighted by atomic mass is 10.3. The summed E-state index contributed by atoms with van der Waals surface area (Å²) in [7, 11) is 0. The number of hydrogen-bond acceptors (Lipinski definition) is 4. The van der Waals surface area contributed by atoms with E-state index in [1.807, 2.05) is 0 Å². The summed E-state index contributed by atoms with van der Waals surface area (Å²) in [5.41, 5.74) is -0.346. The van der Waals surface area contributed by atoms with Crippen LogP contribution in [0.2, 0.25) is 0 Å². The van der Waals surface area contributed by atoms with Gasteiger partial charge in [-0.2, -0.15) is 0 Å². The number of aromatic nitrogens is 2. The molecule has 2 heterocycles. The number of hydrogen-bond donors (Lipinski definition) is 2.